The number of hydrogen-bond donors (Lipinski definition) is 0. The Morgan fingerprint density at radius 3 is 2.35 bits per heavy atom. The molecule has 1 aromatic heterocycles. The second-order valence-electron chi connectivity index (χ2n) is 5.73. The van der Waals surface area contributed by atoms with Gasteiger partial charge in [0.25, 0.3) is 0 Å². The van der Waals surface area contributed by atoms with Crippen LogP contribution in [0.5, 0.6) is 0 Å². The van der Waals surface area contributed by atoms with Gasteiger partial charge in [0.05, 0.1) is 19.0 Å². The molecule has 0 saturated carbocycles. The molecular formula is C15H19ClN2O4S. The van der Waals surface area contributed by atoms with E-state index >= 15 is 0 Å². The number of esters is 2. The second kappa shape index (κ2) is 7.70. The summed E-state index contributed by atoms with van der Waals surface area (Å²) in [5.74, 6) is -2.88. The Kier molecular flexibility index (Phi) is 6.47. The molecule has 0 spiro atoms. The van der Waals surface area contributed by atoms with Crippen LogP contribution >= 0.6 is 23.8 Å². The highest BCUT2D eigenvalue weighted by molar-refractivity contribution is 7.80. The number of carbonyl (C=O) groups is 2. The topological polar surface area (TPSA) is 68.7 Å². The number of carbonyl (C=O) groups excluding carboxylic acids is 2. The molecule has 0 fully saturated rings. The maximum atomic E-state index is 12.3. The molecule has 8 heteroatoms. The van der Waals surface area contributed by atoms with Crippen LogP contribution in [0.2, 0.25) is 5.15 Å². The van der Waals surface area contributed by atoms with Gasteiger partial charge in [0.1, 0.15) is 15.7 Å². The van der Waals surface area contributed by atoms with Crippen LogP contribution in [0, 0.1) is 5.92 Å². The van der Waals surface area contributed by atoms with Crippen LogP contribution in [0.4, 0.5) is 5.69 Å². The largest absolute Gasteiger partial charge is 0.468 e. The van der Waals surface area contributed by atoms with Gasteiger partial charge in [-0.15, -0.1) is 0 Å². The van der Waals surface area contributed by atoms with Gasteiger partial charge in [0.15, 0.2) is 0 Å². The fourth-order valence-corrected chi connectivity index (χ4v) is 2.07. The molecule has 0 bridgehead atoms. The quantitative estimate of drug-likeness (QED) is 0.354. The number of nitrogens with zero attached hydrogens (tertiary/aromatic N) is 2. The highest BCUT2D eigenvalue weighted by Gasteiger charge is 2.37. The monoisotopic (exact) mass is 358 g/mol. The minimum atomic E-state index is -1.34. The number of hydrogen-bond acceptors (Lipinski definition) is 6. The standard InChI is InChI=1S/C15H19ClN2O4S/c1-15(2,3)22-14(20)11(13(19)21-5)12(23)18(4)9-6-7-10(16)17-8-9/h6-8,11H,1-5H3. The molecular weight excluding hydrogens is 340 g/mol. The van der Waals surface area contributed by atoms with E-state index in [0.29, 0.717) is 10.8 Å². The van der Waals surface area contributed by atoms with Gasteiger partial charge >= 0.3 is 11.9 Å². The molecule has 0 aliphatic rings. The minimum absolute atomic E-state index is 0.0511. The van der Waals surface area contributed by atoms with Crippen molar-refractivity contribution >= 4 is 46.4 Å². The summed E-state index contributed by atoms with van der Waals surface area (Å²) >= 11 is 11.0. The molecule has 0 aliphatic heterocycles. The van der Waals surface area contributed by atoms with Crippen LogP contribution in [-0.2, 0) is 19.1 Å². The molecule has 0 aromatic carbocycles. The number of aromatic nitrogens is 1. The molecule has 6 nitrogen and oxygen atoms in total. The van der Waals surface area contributed by atoms with E-state index in [9.17, 15) is 9.59 Å². The van der Waals surface area contributed by atoms with Crippen molar-refractivity contribution in [3.05, 3.63) is 23.5 Å². The first-order valence-electron chi connectivity index (χ1n) is 6.76. The van der Waals surface area contributed by atoms with Crippen molar-refractivity contribution in [2.45, 2.75) is 26.4 Å². The smallest absolute Gasteiger partial charge is 0.327 e. The molecule has 126 valence electrons. The summed E-state index contributed by atoms with van der Waals surface area (Å²) in [5.41, 5.74) is -0.170. The van der Waals surface area contributed by atoms with Gasteiger partial charge in [-0.2, -0.15) is 0 Å². The van der Waals surface area contributed by atoms with Crippen molar-refractivity contribution in [1.29, 1.82) is 0 Å². The van der Waals surface area contributed by atoms with Gasteiger partial charge in [-0.3, -0.25) is 9.59 Å². The van der Waals surface area contributed by atoms with Crippen molar-refractivity contribution in [1.82, 2.24) is 4.98 Å². The first-order chi connectivity index (χ1) is 10.6. The lowest BCUT2D eigenvalue weighted by atomic mass is 10.1. The lowest BCUT2D eigenvalue weighted by Crippen LogP contribution is -2.43. The number of ether oxygens (including phenoxy) is 2. The molecule has 0 amide bonds. The van der Waals surface area contributed by atoms with E-state index in [1.165, 1.54) is 18.2 Å². The molecule has 1 unspecified atom stereocenters. The van der Waals surface area contributed by atoms with Crippen molar-refractivity contribution in [2.75, 3.05) is 19.1 Å². The van der Waals surface area contributed by atoms with Crippen LogP contribution in [0.1, 0.15) is 20.8 Å². The van der Waals surface area contributed by atoms with Gasteiger partial charge in [0.2, 0.25) is 5.92 Å². The second-order valence-corrected chi connectivity index (χ2v) is 6.53. The van der Waals surface area contributed by atoms with Crippen LogP contribution in [0.15, 0.2) is 18.3 Å². The van der Waals surface area contributed by atoms with E-state index in [1.54, 1.807) is 40.0 Å². The maximum Gasteiger partial charge on any atom is 0.327 e. The number of rotatable bonds is 4. The fourth-order valence-electron chi connectivity index (χ4n) is 1.66. The first kappa shape index (κ1) is 19.3. The van der Waals surface area contributed by atoms with Crippen molar-refractivity contribution in [3.8, 4) is 0 Å². The summed E-state index contributed by atoms with van der Waals surface area (Å²) in [6.07, 6.45) is 1.48. The van der Waals surface area contributed by atoms with Crippen LogP contribution in [0.25, 0.3) is 0 Å². The number of halogens is 1. The number of pyridine rings is 1. The van der Waals surface area contributed by atoms with Crippen molar-refractivity contribution in [3.63, 3.8) is 0 Å². The third-order valence-corrected chi connectivity index (χ3v) is 3.49. The van der Waals surface area contributed by atoms with Gasteiger partial charge < -0.3 is 14.4 Å². The molecule has 0 saturated heterocycles. The summed E-state index contributed by atoms with van der Waals surface area (Å²) in [7, 11) is 2.81. The Labute approximate surface area is 145 Å². The zero-order chi connectivity index (χ0) is 17.8. The maximum absolute atomic E-state index is 12.3. The number of anilines is 1. The molecule has 1 aromatic rings. The normalized spacial score (nSPS) is 12.3. The van der Waals surface area contributed by atoms with Gasteiger partial charge in [-0.1, -0.05) is 23.8 Å². The molecule has 23 heavy (non-hydrogen) atoms. The summed E-state index contributed by atoms with van der Waals surface area (Å²) in [6.45, 7) is 5.11. The Bertz CT molecular complexity index is 598. The predicted octanol–water partition coefficient (Wildman–Crippen LogP) is 2.63. The molecule has 0 N–H and O–H groups in total. The summed E-state index contributed by atoms with van der Waals surface area (Å²) in [5, 5.41) is 0.324. The number of thiocarbonyl (C=S) groups is 1. The van der Waals surface area contributed by atoms with E-state index in [1.807, 2.05) is 0 Å². The summed E-state index contributed by atoms with van der Waals surface area (Å²) in [4.78, 5) is 29.8. The SMILES string of the molecule is COC(=O)C(C(=O)OC(C)(C)C)C(=S)N(C)c1ccc(Cl)nc1. The molecule has 1 heterocycles. The lowest BCUT2D eigenvalue weighted by molar-refractivity contribution is -0.164. The van der Waals surface area contributed by atoms with Crippen molar-refractivity contribution < 1.29 is 19.1 Å². The zero-order valence-electron chi connectivity index (χ0n) is 13.6. The molecule has 0 radical (unpaired) electrons. The van der Waals surface area contributed by atoms with E-state index in [-0.39, 0.29) is 4.99 Å². The van der Waals surface area contributed by atoms with E-state index in [0.717, 1.165) is 0 Å². The highest BCUT2D eigenvalue weighted by atomic mass is 35.5. The Morgan fingerprint density at radius 1 is 1.30 bits per heavy atom. The molecule has 1 atom stereocenters. The highest BCUT2D eigenvalue weighted by Crippen LogP contribution is 2.20. The van der Waals surface area contributed by atoms with Crippen molar-refractivity contribution in [2.24, 2.45) is 5.92 Å². The number of methoxy groups -OCH3 is 1. The van der Waals surface area contributed by atoms with Crippen LogP contribution in [0.3, 0.4) is 0 Å². The van der Waals surface area contributed by atoms with Gasteiger partial charge in [-0.05, 0) is 32.9 Å². The van der Waals surface area contributed by atoms with Gasteiger partial charge in [-0.25, -0.2) is 4.98 Å². The summed E-state index contributed by atoms with van der Waals surface area (Å²) in [6, 6.07) is 3.25. The average Bonchev–Trinajstić information content (AvgIpc) is 2.45. The molecule has 0 aliphatic carbocycles. The average molecular weight is 359 g/mol. The van der Waals surface area contributed by atoms with E-state index < -0.39 is 23.5 Å². The lowest BCUT2D eigenvalue weighted by Gasteiger charge is -2.27. The Balaban J connectivity index is 3.06. The third-order valence-electron chi connectivity index (χ3n) is 2.76. The zero-order valence-corrected chi connectivity index (χ0v) is 15.2. The molecule has 1 rings (SSSR count). The Morgan fingerprint density at radius 2 is 1.91 bits per heavy atom. The van der Waals surface area contributed by atoms with Crippen LogP contribution in [-0.4, -0.2) is 41.7 Å². The Hall–Kier alpha value is -1.73. The van der Waals surface area contributed by atoms with Crippen LogP contribution < -0.4 is 4.90 Å². The predicted molar refractivity (Wildman–Crippen MR) is 91.6 cm³/mol. The third kappa shape index (κ3) is 5.44. The van der Waals surface area contributed by atoms with E-state index in [4.69, 9.17) is 28.6 Å². The van der Waals surface area contributed by atoms with E-state index in [2.05, 4.69) is 9.72 Å². The first-order valence-corrected chi connectivity index (χ1v) is 7.55. The minimum Gasteiger partial charge on any atom is -0.468 e. The summed E-state index contributed by atoms with van der Waals surface area (Å²) < 4.78 is 9.94. The van der Waals surface area contributed by atoms with Gasteiger partial charge in [0, 0.05) is 7.05 Å². The fraction of sp³-hybridized carbons (Fsp3) is 0.467.